The molecule has 4 rings (SSSR count). The molecule has 0 saturated carbocycles. The normalized spacial score (nSPS) is 20.5. The number of urea groups is 1. The van der Waals surface area contributed by atoms with Crippen LogP contribution in [0, 0.1) is 17.2 Å². The zero-order chi connectivity index (χ0) is 22.5. The molecule has 32 heavy (non-hydrogen) atoms. The summed E-state index contributed by atoms with van der Waals surface area (Å²) in [5, 5.41) is 17.5. The zero-order valence-electron chi connectivity index (χ0n) is 18.2. The predicted molar refractivity (Wildman–Crippen MR) is 122 cm³/mol. The summed E-state index contributed by atoms with van der Waals surface area (Å²) in [4.78, 5) is 27.5. The summed E-state index contributed by atoms with van der Waals surface area (Å²) in [5.74, 6) is 0.401. The lowest BCUT2D eigenvalue weighted by Crippen LogP contribution is -2.56. The summed E-state index contributed by atoms with van der Waals surface area (Å²) in [5.41, 5.74) is 8.05. The first kappa shape index (κ1) is 22.2. The van der Waals surface area contributed by atoms with Gasteiger partial charge < -0.3 is 15.7 Å². The van der Waals surface area contributed by atoms with Crippen LogP contribution in [0.5, 0.6) is 0 Å². The molecule has 2 aliphatic heterocycles. The fraction of sp³-hybridized carbons (Fsp3) is 0.478. The molecule has 0 aliphatic carbocycles. The minimum Gasteiger partial charge on any atom is -0.396 e. The van der Waals surface area contributed by atoms with Crippen molar-refractivity contribution in [1.82, 2.24) is 19.8 Å². The van der Waals surface area contributed by atoms with Gasteiger partial charge in [-0.25, -0.2) is 14.8 Å². The van der Waals surface area contributed by atoms with Crippen LogP contribution in [0.4, 0.5) is 10.5 Å². The van der Waals surface area contributed by atoms with Crippen LogP contribution in [0.2, 0.25) is 0 Å². The van der Waals surface area contributed by atoms with Crippen molar-refractivity contribution in [3.8, 4) is 0 Å². The summed E-state index contributed by atoms with van der Waals surface area (Å²) < 4.78 is 0. The summed E-state index contributed by atoms with van der Waals surface area (Å²) in [7, 11) is 0. The highest BCUT2D eigenvalue weighted by atomic mass is 16.3. The van der Waals surface area contributed by atoms with Crippen molar-refractivity contribution in [3.05, 3.63) is 54.1 Å². The molecule has 170 valence electrons. The highest BCUT2D eigenvalue weighted by Gasteiger charge is 2.34. The lowest BCUT2D eigenvalue weighted by molar-refractivity contribution is 0.115. The lowest BCUT2D eigenvalue weighted by Gasteiger charge is -2.42. The number of nitrogen functional groups attached to an aromatic ring is 1. The van der Waals surface area contributed by atoms with E-state index in [1.165, 1.54) is 0 Å². The van der Waals surface area contributed by atoms with Crippen molar-refractivity contribution in [3.63, 3.8) is 0 Å². The molecule has 1 aromatic heterocycles. The maximum atomic E-state index is 13.3. The molecule has 1 aromatic carbocycles. The van der Waals surface area contributed by atoms with E-state index >= 15 is 0 Å². The molecule has 1 unspecified atom stereocenters. The maximum Gasteiger partial charge on any atom is 0.324 e. The summed E-state index contributed by atoms with van der Waals surface area (Å²) >= 11 is 0. The van der Waals surface area contributed by atoms with Crippen LogP contribution in [0.25, 0.3) is 0 Å². The Bertz CT molecular complexity index is 931. The van der Waals surface area contributed by atoms with E-state index in [0.717, 1.165) is 38.0 Å². The number of aliphatic hydroxyl groups excluding tert-OH is 1. The van der Waals surface area contributed by atoms with Gasteiger partial charge in [0.05, 0.1) is 0 Å². The molecule has 2 amide bonds. The molecule has 2 aromatic rings. The number of likely N-dealkylation sites (tertiary alicyclic amines) is 1. The summed E-state index contributed by atoms with van der Waals surface area (Å²) in [6, 6.07) is 7.15. The van der Waals surface area contributed by atoms with Crippen molar-refractivity contribution in [1.29, 1.82) is 5.41 Å². The molecule has 2 saturated heterocycles. The average Bonchev–Trinajstić information content (AvgIpc) is 2.82. The van der Waals surface area contributed by atoms with Gasteiger partial charge in [0.15, 0.2) is 0 Å². The number of benzene rings is 1. The van der Waals surface area contributed by atoms with Crippen LogP contribution in [-0.4, -0.2) is 76.1 Å². The molecule has 0 spiro atoms. The quantitative estimate of drug-likeness (QED) is 0.446. The molecule has 2 fully saturated rings. The van der Waals surface area contributed by atoms with E-state index < -0.39 is 0 Å². The Kier molecular flexibility index (Phi) is 6.96. The number of amides is 2. The number of carbonyl (C=O) groups excluding carboxylic acids is 1. The van der Waals surface area contributed by atoms with Gasteiger partial charge in [0, 0.05) is 67.9 Å². The number of nitrogens with two attached hydrogens (primary N) is 1. The van der Waals surface area contributed by atoms with Crippen LogP contribution in [0.1, 0.15) is 24.0 Å². The van der Waals surface area contributed by atoms with E-state index in [0.29, 0.717) is 36.8 Å². The molecular weight excluding hydrogens is 406 g/mol. The molecular formula is C23H31N7O2. The van der Waals surface area contributed by atoms with Crippen LogP contribution in [-0.2, 0) is 6.54 Å². The number of hydrogen-bond donors (Lipinski definition) is 3. The van der Waals surface area contributed by atoms with Gasteiger partial charge >= 0.3 is 6.03 Å². The van der Waals surface area contributed by atoms with E-state index in [9.17, 15) is 9.90 Å². The number of carbonyl (C=O) groups is 1. The molecule has 0 radical (unpaired) electrons. The number of aliphatic hydroxyl groups is 1. The number of amidine groups is 1. The second kappa shape index (κ2) is 10.1. The van der Waals surface area contributed by atoms with Crippen molar-refractivity contribution in [2.75, 3.05) is 44.2 Å². The smallest absolute Gasteiger partial charge is 0.324 e. The molecule has 4 N–H and O–H groups in total. The molecule has 0 bridgehead atoms. The van der Waals surface area contributed by atoms with Crippen molar-refractivity contribution >= 4 is 17.6 Å². The van der Waals surface area contributed by atoms with E-state index in [-0.39, 0.29) is 24.4 Å². The first-order chi connectivity index (χ1) is 15.5. The van der Waals surface area contributed by atoms with Crippen LogP contribution >= 0.6 is 0 Å². The van der Waals surface area contributed by atoms with Gasteiger partial charge in [0.2, 0.25) is 0 Å². The van der Waals surface area contributed by atoms with Gasteiger partial charge in [-0.05, 0) is 44.0 Å². The van der Waals surface area contributed by atoms with Gasteiger partial charge in [-0.15, -0.1) is 0 Å². The minimum absolute atomic E-state index is 0.00754. The molecule has 3 heterocycles. The monoisotopic (exact) mass is 437 g/mol. The first-order valence-electron chi connectivity index (χ1n) is 11.1. The third-order valence-corrected chi connectivity index (χ3v) is 6.35. The van der Waals surface area contributed by atoms with Crippen molar-refractivity contribution in [2.45, 2.75) is 19.4 Å². The van der Waals surface area contributed by atoms with E-state index in [2.05, 4.69) is 14.9 Å². The van der Waals surface area contributed by atoms with E-state index in [1.807, 2.05) is 23.4 Å². The number of nitrogens with zero attached hydrogens (tertiary/aromatic N) is 5. The van der Waals surface area contributed by atoms with Gasteiger partial charge in [-0.3, -0.25) is 15.2 Å². The minimum atomic E-state index is -0.0423. The number of piperidine rings is 1. The van der Waals surface area contributed by atoms with Gasteiger partial charge in [-0.1, -0.05) is 12.1 Å². The Balaban J connectivity index is 1.38. The van der Waals surface area contributed by atoms with Crippen LogP contribution < -0.4 is 10.6 Å². The Morgan fingerprint density at radius 2 is 1.91 bits per heavy atom. The Labute approximate surface area is 188 Å². The summed E-state index contributed by atoms with van der Waals surface area (Å²) in [6.07, 6.45) is 7.32. The van der Waals surface area contributed by atoms with Gasteiger partial charge in [0.25, 0.3) is 0 Å². The standard InChI is InChI=1S/C23H31N7O2/c24-22(25)20-2-1-3-21(8-20)30-14-19(15-31)13-29(23(30)32)12-17-4-6-28(7-5-17)11-18-9-26-16-27-10-18/h1-3,8-10,16-17,19,31H,4-7,11-15H2,(H3,24,25). The van der Waals surface area contributed by atoms with E-state index in [4.69, 9.17) is 11.1 Å². The highest BCUT2D eigenvalue weighted by molar-refractivity contribution is 5.98. The van der Waals surface area contributed by atoms with Crippen LogP contribution in [0.3, 0.4) is 0 Å². The second-order valence-electron chi connectivity index (χ2n) is 8.78. The molecule has 1 atom stereocenters. The summed E-state index contributed by atoms with van der Waals surface area (Å²) in [6.45, 7) is 4.57. The first-order valence-corrected chi connectivity index (χ1v) is 11.1. The fourth-order valence-electron chi connectivity index (χ4n) is 4.59. The number of anilines is 1. The number of hydrogen-bond acceptors (Lipinski definition) is 6. The Hall–Kier alpha value is -3.04. The van der Waals surface area contributed by atoms with Crippen molar-refractivity contribution < 1.29 is 9.90 Å². The number of nitrogens with one attached hydrogen (secondary N) is 1. The molecule has 9 nitrogen and oxygen atoms in total. The highest BCUT2D eigenvalue weighted by Crippen LogP contribution is 2.26. The second-order valence-corrected chi connectivity index (χ2v) is 8.78. The average molecular weight is 438 g/mol. The van der Waals surface area contributed by atoms with Gasteiger partial charge in [-0.2, -0.15) is 0 Å². The number of rotatable bonds is 7. The topological polar surface area (TPSA) is 123 Å². The lowest BCUT2D eigenvalue weighted by atomic mass is 9.95. The number of aromatic nitrogens is 2. The molecule has 9 heteroatoms. The third-order valence-electron chi connectivity index (χ3n) is 6.35. The Morgan fingerprint density at radius 3 is 2.59 bits per heavy atom. The zero-order valence-corrected chi connectivity index (χ0v) is 18.2. The Morgan fingerprint density at radius 1 is 1.16 bits per heavy atom. The molecule has 2 aliphatic rings. The van der Waals surface area contributed by atoms with Crippen molar-refractivity contribution in [2.24, 2.45) is 17.6 Å². The predicted octanol–water partition coefficient (Wildman–Crippen LogP) is 1.52. The maximum absolute atomic E-state index is 13.3. The fourth-order valence-corrected chi connectivity index (χ4v) is 4.59. The largest absolute Gasteiger partial charge is 0.396 e. The SMILES string of the molecule is N=C(N)c1cccc(N2CC(CO)CN(CC3CCN(Cc4cncnc4)CC3)C2=O)c1. The third kappa shape index (κ3) is 5.23. The van der Waals surface area contributed by atoms with Gasteiger partial charge in [0.1, 0.15) is 12.2 Å². The van der Waals surface area contributed by atoms with E-state index in [1.54, 1.807) is 29.4 Å². The van der Waals surface area contributed by atoms with Crippen LogP contribution in [0.15, 0.2) is 43.0 Å².